The summed E-state index contributed by atoms with van der Waals surface area (Å²) in [6.45, 7) is 1.42. The molecule has 0 radical (unpaired) electrons. The van der Waals surface area contributed by atoms with Crippen LogP contribution in [0.25, 0.3) is 0 Å². The number of carbonyl (C=O) groups excluding carboxylic acids is 1. The first-order valence-corrected chi connectivity index (χ1v) is 7.19. The zero-order valence-electron chi connectivity index (χ0n) is 10.7. The van der Waals surface area contributed by atoms with Gasteiger partial charge in [0.05, 0.1) is 13.2 Å². The van der Waals surface area contributed by atoms with Crippen LogP contribution in [-0.2, 0) is 4.79 Å². The zero-order valence-corrected chi connectivity index (χ0v) is 10.7. The third-order valence-corrected chi connectivity index (χ3v) is 4.40. The number of nitrogens with zero attached hydrogens (tertiary/aromatic N) is 1. The normalized spacial score (nSPS) is 22.7. The van der Waals surface area contributed by atoms with Gasteiger partial charge in [-0.3, -0.25) is 9.69 Å². The molecule has 0 saturated heterocycles. The van der Waals surface area contributed by atoms with Crippen LogP contribution in [0.15, 0.2) is 0 Å². The van der Waals surface area contributed by atoms with Crippen molar-refractivity contribution in [3.63, 3.8) is 0 Å². The van der Waals surface area contributed by atoms with Crippen molar-refractivity contribution >= 4 is 5.78 Å². The molecule has 0 heterocycles. The third-order valence-electron chi connectivity index (χ3n) is 4.40. The summed E-state index contributed by atoms with van der Waals surface area (Å²) in [6, 6.07) is 0.565. The Hall–Kier alpha value is -0.410. The molecule has 2 aliphatic carbocycles. The smallest absolute Gasteiger partial charge is 0.149 e. The van der Waals surface area contributed by atoms with E-state index in [-0.39, 0.29) is 6.61 Å². The van der Waals surface area contributed by atoms with E-state index in [1.54, 1.807) is 0 Å². The van der Waals surface area contributed by atoms with Crippen LogP contribution in [0.4, 0.5) is 0 Å². The van der Waals surface area contributed by atoms with Gasteiger partial charge in [-0.1, -0.05) is 25.7 Å². The van der Waals surface area contributed by atoms with Crippen LogP contribution < -0.4 is 0 Å². The van der Waals surface area contributed by atoms with Crippen LogP contribution >= 0.6 is 0 Å². The summed E-state index contributed by atoms with van der Waals surface area (Å²) in [5.74, 6) is 0.732. The number of Topliss-reactive ketones (excluding diaryl/α,β-unsaturated/α-hetero) is 1. The Balaban J connectivity index is 1.80. The average molecular weight is 239 g/mol. The molecule has 98 valence electrons. The van der Waals surface area contributed by atoms with Crippen LogP contribution in [0.5, 0.6) is 0 Å². The molecule has 0 unspecified atom stereocenters. The highest BCUT2D eigenvalue weighted by molar-refractivity contribution is 5.83. The van der Waals surface area contributed by atoms with Crippen molar-refractivity contribution in [3.8, 4) is 0 Å². The molecule has 0 amide bonds. The summed E-state index contributed by atoms with van der Waals surface area (Å²) in [5.41, 5.74) is 0. The summed E-state index contributed by atoms with van der Waals surface area (Å²) in [5, 5.41) is 9.08. The van der Waals surface area contributed by atoms with E-state index < -0.39 is 0 Å². The van der Waals surface area contributed by atoms with Gasteiger partial charge < -0.3 is 5.11 Å². The Bertz CT molecular complexity index is 245. The van der Waals surface area contributed by atoms with Gasteiger partial charge in [0.15, 0.2) is 0 Å². The van der Waals surface area contributed by atoms with Crippen LogP contribution in [0, 0.1) is 5.92 Å². The highest BCUT2D eigenvalue weighted by Crippen LogP contribution is 2.27. The predicted molar refractivity (Wildman–Crippen MR) is 67.9 cm³/mol. The molecular weight excluding hydrogens is 214 g/mol. The number of ketones is 1. The fourth-order valence-corrected chi connectivity index (χ4v) is 3.02. The lowest BCUT2D eigenvalue weighted by Crippen LogP contribution is -2.45. The van der Waals surface area contributed by atoms with E-state index in [1.165, 1.54) is 38.5 Å². The summed E-state index contributed by atoms with van der Waals surface area (Å²) >= 11 is 0. The van der Waals surface area contributed by atoms with Crippen LogP contribution in [0.2, 0.25) is 0 Å². The first-order chi connectivity index (χ1) is 8.31. The Kier molecular flexibility index (Phi) is 4.99. The zero-order chi connectivity index (χ0) is 12.1. The van der Waals surface area contributed by atoms with Gasteiger partial charge in [0.1, 0.15) is 5.78 Å². The third kappa shape index (κ3) is 3.52. The lowest BCUT2D eigenvalue weighted by Gasteiger charge is -2.37. The molecule has 2 rings (SSSR count). The summed E-state index contributed by atoms with van der Waals surface area (Å²) in [7, 11) is 0. The molecule has 0 atom stereocenters. The van der Waals surface area contributed by atoms with E-state index in [0.29, 0.717) is 30.8 Å². The molecule has 2 fully saturated rings. The quantitative estimate of drug-likeness (QED) is 0.770. The highest BCUT2D eigenvalue weighted by atomic mass is 16.3. The Morgan fingerprint density at radius 2 is 1.76 bits per heavy atom. The minimum Gasteiger partial charge on any atom is -0.395 e. The molecule has 0 bridgehead atoms. The Morgan fingerprint density at radius 1 is 1.06 bits per heavy atom. The van der Waals surface area contributed by atoms with E-state index in [9.17, 15) is 4.79 Å². The van der Waals surface area contributed by atoms with Gasteiger partial charge in [-0.2, -0.15) is 0 Å². The predicted octanol–water partition coefficient (Wildman–Crippen LogP) is 1.98. The van der Waals surface area contributed by atoms with Crippen molar-refractivity contribution in [1.82, 2.24) is 4.90 Å². The summed E-state index contributed by atoms with van der Waals surface area (Å²) in [4.78, 5) is 14.4. The minimum absolute atomic E-state index is 0.175. The van der Waals surface area contributed by atoms with E-state index in [0.717, 1.165) is 12.8 Å². The molecule has 1 N–H and O–H groups in total. The van der Waals surface area contributed by atoms with Crippen LogP contribution in [0.1, 0.15) is 51.4 Å². The van der Waals surface area contributed by atoms with Gasteiger partial charge >= 0.3 is 0 Å². The molecule has 3 nitrogen and oxygen atoms in total. The standard InChI is InChI=1S/C14H25NO2/c16-10-9-15(13-7-4-8-13)11-14(17)12-5-2-1-3-6-12/h12-13,16H,1-11H2. The maximum absolute atomic E-state index is 12.2. The topological polar surface area (TPSA) is 40.5 Å². The van der Waals surface area contributed by atoms with Crippen molar-refractivity contribution in [3.05, 3.63) is 0 Å². The number of aliphatic hydroxyl groups excluding tert-OH is 1. The monoisotopic (exact) mass is 239 g/mol. The molecular formula is C14H25NO2. The van der Waals surface area contributed by atoms with Crippen molar-refractivity contribution in [2.24, 2.45) is 5.92 Å². The van der Waals surface area contributed by atoms with Gasteiger partial charge in [-0.15, -0.1) is 0 Å². The average Bonchev–Trinajstić information content (AvgIpc) is 2.28. The first kappa shape index (κ1) is 13.0. The highest BCUT2D eigenvalue weighted by Gasteiger charge is 2.28. The second-order valence-corrected chi connectivity index (χ2v) is 5.58. The van der Waals surface area contributed by atoms with Crippen molar-refractivity contribution < 1.29 is 9.90 Å². The van der Waals surface area contributed by atoms with Crippen LogP contribution in [-0.4, -0.2) is 41.5 Å². The second-order valence-electron chi connectivity index (χ2n) is 5.58. The number of carbonyl (C=O) groups is 1. The van der Waals surface area contributed by atoms with E-state index in [2.05, 4.69) is 4.90 Å². The van der Waals surface area contributed by atoms with E-state index in [4.69, 9.17) is 5.11 Å². The number of aliphatic hydroxyl groups is 1. The van der Waals surface area contributed by atoms with Gasteiger partial charge in [0, 0.05) is 18.5 Å². The summed E-state index contributed by atoms with van der Waals surface area (Å²) < 4.78 is 0. The fraction of sp³-hybridized carbons (Fsp3) is 0.929. The molecule has 0 aromatic carbocycles. The summed E-state index contributed by atoms with van der Waals surface area (Å²) in [6.07, 6.45) is 9.62. The second kappa shape index (κ2) is 6.50. The van der Waals surface area contributed by atoms with Gasteiger partial charge in [0.25, 0.3) is 0 Å². The van der Waals surface area contributed by atoms with Gasteiger partial charge in [-0.05, 0) is 25.7 Å². The fourth-order valence-electron chi connectivity index (χ4n) is 3.02. The lowest BCUT2D eigenvalue weighted by molar-refractivity contribution is -0.126. The number of hydrogen-bond donors (Lipinski definition) is 1. The minimum atomic E-state index is 0.175. The Labute approximate surface area is 104 Å². The van der Waals surface area contributed by atoms with Crippen LogP contribution in [0.3, 0.4) is 0 Å². The van der Waals surface area contributed by atoms with Gasteiger partial charge in [-0.25, -0.2) is 0 Å². The van der Waals surface area contributed by atoms with Gasteiger partial charge in [0.2, 0.25) is 0 Å². The molecule has 0 aromatic heterocycles. The molecule has 2 saturated carbocycles. The maximum Gasteiger partial charge on any atom is 0.149 e. The number of hydrogen-bond acceptors (Lipinski definition) is 3. The van der Waals surface area contributed by atoms with Crippen molar-refractivity contribution in [2.45, 2.75) is 57.4 Å². The maximum atomic E-state index is 12.2. The molecule has 2 aliphatic rings. The number of rotatable bonds is 6. The van der Waals surface area contributed by atoms with Crippen molar-refractivity contribution in [2.75, 3.05) is 19.7 Å². The first-order valence-electron chi connectivity index (χ1n) is 7.19. The Morgan fingerprint density at radius 3 is 2.29 bits per heavy atom. The lowest BCUT2D eigenvalue weighted by atomic mass is 9.85. The van der Waals surface area contributed by atoms with Crippen molar-refractivity contribution in [1.29, 1.82) is 0 Å². The van der Waals surface area contributed by atoms with E-state index in [1.807, 2.05) is 0 Å². The SMILES string of the molecule is O=C(CN(CCO)C1CCC1)C1CCCCC1. The molecule has 0 aromatic rings. The molecule has 0 aliphatic heterocycles. The largest absolute Gasteiger partial charge is 0.395 e. The molecule has 3 heteroatoms. The molecule has 17 heavy (non-hydrogen) atoms. The van der Waals surface area contributed by atoms with E-state index >= 15 is 0 Å². The molecule has 0 spiro atoms.